The van der Waals surface area contributed by atoms with Crippen LogP contribution in [-0.4, -0.2) is 20.6 Å². The summed E-state index contributed by atoms with van der Waals surface area (Å²) in [6, 6.07) is 6.57. The van der Waals surface area contributed by atoms with Crippen molar-refractivity contribution < 1.29 is 9.90 Å². The van der Waals surface area contributed by atoms with Gasteiger partial charge in [-0.1, -0.05) is 12.5 Å². The van der Waals surface area contributed by atoms with Gasteiger partial charge in [0.05, 0.1) is 11.3 Å². The fraction of sp³-hybridized carbons (Fsp3) is 0.267. The molecule has 1 aromatic carbocycles. The summed E-state index contributed by atoms with van der Waals surface area (Å²) in [7, 11) is 0. The maximum atomic E-state index is 11.8. The summed E-state index contributed by atoms with van der Waals surface area (Å²) in [5, 5.41) is 9.40. The van der Waals surface area contributed by atoms with E-state index in [1.165, 1.54) is 22.9 Å². The van der Waals surface area contributed by atoms with Crippen molar-refractivity contribution in [2.45, 2.75) is 25.2 Å². The average molecular weight is 285 g/mol. The Balaban J connectivity index is 2.10. The Morgan fingerprint density at radius 3 is 2.67 bits per heavy atom. The lowest BCUT2D eigenvalue weighted by Gasteiger charge is -2.27. The number of carboxylic acid groups (broad SMARTS) is 1. The summed E-state index contributed by atoms with van der Waals surface area (Å²) in [5.41, 5.74) is 6.50. The van der Waals surface area contributed by atoms with Crippen molar-refractivity contribution in [2.24, 2.45) is 0 Å². The van der Waals surface area contributed by atoms with Crippen LogP contribution >= 0.6 is 0 Å². The third-order valence-corrected chi connectivity index (χ3v) is 3.92. The smallest absolute Gasteiger partial charge is 0.354 e. The molecule has 0 aliphatic heterocycles. The first-order chi connectivity index (χ1) is 10.1. The third-order valence-electron chi connectivity index (χ3n) is 3.92. The zero-order valence-corrected chi connectivity index (χ0v) is 11.3. The molecule has 2 aromatic rings. The number of anilines is 1. The lowest BCUT2D eigenvalue weighted by Crippen LogP contribution is -2.22. The molecule has 1 aliphatic rings. The Labute approximate surface area is 120 Å². The number of nitrogen functional groups attached to an aromatic ring is 1. The fourth-order valence-corrected chi connectivity index (χ4v) is 2.57. The van der Waals surface area contributed by atoms with E-state index in [0.717, 1.165) is 24.8 Å². The molecule has 1 aromatic heterocycles. The molecule has 1 fully saturated rings. The second kappa shape index (κ2) is 5.05. The normalized spacial score (nSPS) is 14.7. The van der Waals surface area contributed by atoms with Gasteiger partial charge in [-0.3, -0.25) is 4.57 Å². The van der Waals surface area contributed by atoms with Crippen molar-refractivity contribution in [2.75, 3.05) is 5.73 Å². The van der Waals surface area contributed by atoms with Crippen LogP contribution in [0.3, 0.4) is 0 Å². The second-order valence-electron chi connectivity index (χ2n) is 5.21. The SMILES string of the molecule is Nc1ccn(-c2ccc(C3CCC3)c(C(=O)O)c2)c(=O)n1. The molecule has 6 nitrogen and oxygen atoms in total. The summed E-state index contributed by atoms with van der Waals surface area (Å²) in [4.78, 5) is 26.9. The van der Waals surface area contributed by atoms with E-state index >= 15 is 0 Å². The lowest BCUT2D eigenvalue weighted by atomic mass is 9.78. The highest BCUT2D eigenvalue weighted by Crippen LogP contribution is 2.38. The number of aromatic carboxylic acids is 1. The highest BCUT2D eigenvalue weighted by Gasteiger charge is 2.24. The first-order valence-corrected chi connectivity index (χ1v) is 6.79. The predicted octanol–water partition coefficient (Wildman–Crippen LogP) is 1.78. The Morgan fingerprint density at radius 1 is 1.33 bits per heavy atom. The Bertz CT molecular complexity index is 763. The Hall–Kier alpha value is -2.63. The van der Waals surface area contributed by atoms with Crippen molar-refractivity contribution in [3.63, 3.8) is 0 Å². The van der Waals surface area contributed by atoms with E-state index in [1.807, 2.05) is 0 Å². The molecule has 3 N–H and O–H groups in total. The molecule has 21 heavy (non-hydrogen) atoms. The molecule has 6 heteroatoms. The third kappa shape index (κ3) is 2.40. The topological polar surface area (TPSA) is 98.2 Å². The van der Waals surface area contributed by atoms with Gasteiger partial charge in [0, 0.05) is 6.20 Å². The van der Waals surface area contributed by atoms with E-state index in [1.54, 1.807) is 12.1 Å². The molecule has 0 bridgehead atoms. The van der Waals surface area contributed by atoms with Crippen LogP contribution in [0, 0.1) is 0 Å². The van der Waals surface area contributed by atoms with Crippen LogP contribution in [0.1, 0.15) is 41.1 Å². The molecule has 0 atom stereocenters. The molecule has 108 valence electrons. The van der Waals surface area contributed by atoms with E-state index < -0.39 is 11.7 Å². The van der Waals surface area contributed by atoms with Gasteiger partial charge in [0.1, 0.15) is 5.82 Å². The van der Waals surface area contributed by atoms with Crippen LogP contribution in [0.4, 0.5) is 5.82 Å². The summed E-state index contributed by atoms with van der Waals surface area (Å²) >= 11 is 0. The van der Waals surface area contributed by atoms with E-state index in [2.05, 4.69) is 4.98 Å². The number of carboxylic acids is 1. The van der Waals surface area contributed by atoms with Crippen LogP contribution in [0.5, 0.6) is 0 Å². The number of benzene rings is 1. The fourth-order valence-electron chi connectivity index (χ4n) is 2.57. The summed E-state index contributed by atoms with van der Waals surface area (Å²) in [6.45, 7) is 0. The number of carbonyl (C=O) groups is 1. The largest absolute Gasteiger partial charge is 0.478 e. The molecule has 0 spiro atoms. The first-order valence-electron chi connectivity index (χ1n) is 6.79. The maximum Gasteiger partial charge on any atom is 0.354 e. The van der Waals surface area contributed by atoms with Gasteiger partial charge in [0.25, 0.3) is 0 Å². The summed E-state index contributed by atoms with van der Waals surface area (Å²) < 4.78 is 1.29. The van der Waals surface area contributed by atoms with Crippen LogP contribution in [0.15, 0.2) is 35.3 Å². The van der Waals surface area contributed by atoms with Crippen LogP contribution in [-0.2, 0) is 0 Å². The molecule has 3 rings (SSSR count). The van der Waals surface area contributed by atoms with Gasteiger partial charge in [0.15, 0.2) is 0 Å². The van der Waals surface area contributed by atoms with Gasteiger partial charge in [-0.15, -0.1) is 0 Å². The molecule has 1 aliphatic carbocycles. The average Bonchev–Trinajstić information content (AvgIpc) is 2.37. The highest BCUT2D eigenvalue weighted by molar-refractivity contribution is 5.90. The Morgan fingerprint density at radius 2 is 2.10 bits per heavy atom. The van der Waals surface area contributed by atoms with E-state index in [-0.39, 0.29) is 11.4 Å². The molecule has 0 radical (unpaired) electrons. The second-order valence-corrected chi connectivity index (χ2v) is 5.21. The van der Waals surface area contributed by atoms with Gasteiger partial charge in [-0.05, 0) is 42.5 Å². The van der Waals surface area contributed by atoms with Crippen molar-refractivity contribution in [3.05, 3.63) is 52.1 Å². The van der Waals surface area contributed by atoms with Gasteiger partial charge >= 0.3 is 11.7 Å². The monoisotopic (exact) mass is 285 g/mol. The molecule has 0 saturated heterocycles. The molecule has 0 unspecified atom stereocenters. The van der Waals surface area contributed by atoms with Crippen molar-refractivity contribution in [1.29, 1.82) is 0 Å². The number of hydrogen-bond donors (Lipinski definition) is 2. The molecular formula is C15H15N3O3. The first kappa shape index (κ1) is 13.4. The van der Waals surface area contributed by atoms with Gasteiger partial charge in [0.2, 0.25) is 0 Å². The van der Waals surface area contributed by atoms with Crippen molar-refractivity contribution >= 4 is 11.8 Å². The van der Waals surface area contributed by atoms with Crippen molar-refractivity contribution in [3.8, 4) is 5.69 Å². The van der Waals surface area contributed by atoms with Crippen LogP contribution in [0.25, 0.3) is 5.69 Å². The zero-order chi connectivity index (χ0) is 15.0. The minimum Gasteiger partial charge on any atom is -0.478 e. The van der Waals surface area contributed by atoms with Crippen LogP contribution < -0.4 is 11.4 Å². The summed E-state index contributed by atoms with van der Waals surface area (Å²) in [6.07, 6.45) is 4.66. The lowest BCUT2D eigenvalue weighted by molar-refractivity contribution is 0.0694. The number of nitrogens with two attached hydrogens (primary N) is 1. The number of hydrogen-bond acceptors (Lipinski definition) is 4. The molecule has 1 saturated carbocycles. The Kier molecular flexibility index (Phi) is 3.21. The maximum absolute atomic E-state index is 11.8. The molecular weight excluding hydrogens is 270 g/mol. The van der Waals surface area contributed by atoms with E-state index in [4.69, 9.17) is 5.73 Å². The standard InChI is InChI=1S/C15H15N3O3/c16-13-6-7-18(15(21)17-13)10-4-5-11(9-2-1-3-9)12(8-10)14(19)20/h4-9H,1-3H2,(H,19,20)(H2,16,17,21). The van der Waals surface area contributed by atoms with E-state index in [0.29, 0.717) is 11.6 Å². The molecule has 1 heterocycles. The number of aromatic nitrogens is 2. The van der Waals surface area contributed by atoms with Crippen molar-refractivity contribution in [1.82, 2.24) is 9.55 Å². The zero-order valence-electron chi connectivity index (χ0n) is 11.3. The minimum absolute atomic E-state index is 0.140. The summed E-state index contributed by atoms with van der Waals surface area (Å²) in [5.74, 6) is -0.526. The number of nitrogens with zero attached hydrogens (tertiary/aromatic N) is 2. The predicted molar refractivity (Wildman–Crippen MR) is 77.8 cm³/mol. The quantitative estimate of drug-likeness (QED) is 0.895. The minimum atomic E-state index is -0.977. The van der Waals surface area contributed by atoms with Gasteiger partial charge < -0.3 is 10.8 Å². The number of rotatable bonds is 3. The van der Waals surface area contributed by atoms with E-state index in [9.17, 15) is 14.7 Å². The van der Waals surface area contributed by atoms with Gasteiger partial charge in [-0.25, -0.2) is 9.59 Å². The van der Waals surface area contributed by atoms with Gasteiger partial charge in [-0.2, -0.15) is 4.98 Å². The van der Waals surface area contributed by atoms with Crippen LogP contribution in [0.2, 0.25) is 0 Å². The highest BCUT2D eigenvalue weighted by atomic mass is 16.4. The molecule has 0 amide bonds.